The Hall–Kier alpha value is -2.12. The number of morpholine rings is 1. The Kier molecular flexibility index (Phi) is 7.41. The summed E-state index contributed by atoms with van der Waals surface area (Å²) in [5, 5.41) is 5.58. The molecule has 0 bridgehead atoms. The Balaban J connectivity index is 1.94. The van der Waals surface area contributed by atoms with Crippen molar-refractivity contribution in [2.24, 2.45) is 0 Å². The first-order valence-corrected chi connectivity index (χ1v) is 8.97. The SMILES string of the molecule is CC(C)(C)OC(=O)NC(C(=O)NCCN1CCOCC1)c1ccccc1. The summed E-state index contributed by atoms with van der Waals surface area (Å²) >= 11 is 0. The molecule has 7 nitrogen and oxygen atoms in total. The van der Waals surface area contributed by atoms with Crippen LogP contribution in [-0.4, -0.2) is 61.9 Å². The lowest BCUT2D eigenvalue weighted by atomic mass is 10.1. The number of benzene rings is 1. The molecule has 2 amide bonds. The summed E-state index contributed by atoms with van der Waals surface area (Å²) in [6, 6.07) is 8.35. The van der Waals surface area contributed by atoms with Gasteiger partial charge in [0.05, 0.1) is 13.2 Å². The lowest BCUT2D eigenvalue weighted by Crippen LogP contribution is -2.45. The van der Waals surface area contributed by atoms with Crippen molar-refractivity contribution in [3.8, 4) is 0 Å². The first-order valence-electron chi connectivity index (χ1n) is 8.97. The number of hydrogen-bond donors (Lipinski definition) is 2. The Morgan fingerprint density at radius 2 is 1.85 bits per heavy atom. The van der Waals surface area contributed by atoms with E-state index >= 15 is 0 Å². The van der Waals surface area contributed by atoms with Gasteiger partial charge >= 0.3 is 6.09 Å². The van der Waals surface area contributed by atoms with Crippen LogP contribution in [-0.2, 0) is 14.3 Å². The highest BCUT2D eigenvalue weighted by molar-refractivity contribution is 5.86. The van der Waals surface area contributed by atoms with Gasteiger partial charge in [-0.25, -0.2) is 4.79 Å². The van der Waals surface area contributed by atoms with Crippen molar-refractivity contribution in [1.82, 2.24) is 15.5 Å². The number of rotatable bonds is 6. The van der Waals surface area contributed by atoms with E-state index in [1.165, 1.54) is 0 Å². The smallest absolute Gasteiger partial charge is 0.408 e. The van der Waals surface area contributed by atoms with Gasteiger partial charge in [-0.1, -0.05) is 30.3 Å². The molecular formula is C19H29N3O4. The number of nitrogens with zero attached hydrogens (tertiary/aromatic N) is 1. The number of carbonyl (C=O) groups is 2. The van der Waals surface area contributed by atoms with E-state index in [2.05, 4.69) is 15.5 Å². The predicted molar refractivity (Wildman–Crippen MR) is 98.8 cm³/mol. The van der Waals surface area contributed by atoms with Crippen molar-refractivity contribution in [3.63, 3.8) is 0 Å². The summed E-state index contributed by atoms with van der Waals surface area (Å²) in [7, 11) is 0. The lowest BCUT2D eigenvalue weighted by Gasteiger charge is -2.27. The zero-order valence-electron chi connectivity index (χ0n) is 15.8. The standard InChI is InChI=1S/C19H29N3O4/c1-19(2,3)26-18(24)21-16(15-7-5-4-6-8-15)17(23)20-9-10-22-11-13-25-14-12-22/h4-8,16H,9-14H2,1-3H3,(H,20,23)(H,21,24). The zero-order valence-corrected chi connectivity index (χ0v) is 15.8. The van der Waals surface area contributed by atoms with Crippen LogP contribution in [0.5, 0.6) is 0 Å². The number of amides is 2. The number of ether oxygens (including phenoxy) is 2. The van der Waals surface area contributed by atoms with E-state index in [1.807, 2.05) is 30.3 Å². The highest BCUT2D eigenvalue weighted by atomic mass is 16.6. The molecule has 2 N–H and O–H groups in total. The summed E-state index contributed by atoms with van der Waals surface area (Å²) < 4.78 is 10.6. The second-order valence-electron chi connectivity index (χ2n) is 7.23. The van der Waals surface area contributed by atoms with E-state index < -0.39 is 17.7 Å². The molecule has 0 aliphatic carbocycles. The Bertz CT molecular complexity index is 580. The second-order valence-corrected chi connectivity index (χ2v) is 7.23. The lowest BCUT2D eigenvalue weighted by molar-refractivity contribution is -0.123. The molecule has 1 unspecified atom stereocenters. The molecule has 1 aromatic rings. The van der Waals surface area contributed by atoms with E-state index in [0.717, 1.165) is 32.8 Å². The normalized spacial score (nSPS) is 16.6. The Labute approximate surface area is 155 Å². The van der Waals surface area contributed by atoms with Crippen LogP contribution >= 0.6 is 0 Å². The zero-order chi connectivity index (χ0) is 19.0. The highest BCUT2D eigenvalue weighted by Crippen LogP contribution is 2.15. The number of hydrogen-bond acceptors (Lipinski definition) is 5. The minimum Gasteiger partial charge on any atom is -0.444 e. The molecule has 1 saturated heterocycles. The number of carbonyl (C=O) groups excluding carboxylic acids is 2. The number of nitrogens with one attached hydrogen (secondary N) is 2. The van der Waals surface area contributed by atoms with Gasteiger partial charge in [0, 0.05) is 26.2 Å². The molecule has 1 aliphatic heterocycles. The highest BCUT2D eigenvalue weighted by Gasteiger charge is 2.25. The molecule has 1 aromatic carbocycles. The van der Waals surface area contributed by atoms with Crippen LogP contribution in [0.1, 0.15) is 32.4 Å². The van der Waals surface area contributed by atoms with Gasteiger partial charge in [0.25, 0.3) is 0 Å². The summed E-state index contributed by atoms with van der Waals surface area (Å²) in [6.45, 7) is 9.80. The van der Waals surface area contributed by atoms with Gasteiger partial charge in [0.2, 0.25) is 5.91 Å². The third-order valence-corrected chi connectivity index (χ3v) is 3.89. The van der Waals surface area contributed by atoms with Gasteiger partial charge in [-0.2, -0.15) is 0 Å². The minimum atomic E-state index is -0.796. The molecule has 26 heavy (non-hydrogen) atoms. The summed E-state index contributed by atoms with van der Waals surface area (Å²) in [4.78, 5) is 27.0. The number of alkyl carbamates (subject to hydrolysis) is 1. The maximum atomic E-state index is 12.7. The molecule has 1 heterocycles. The molecule has 144 valence electrons. The van der Waals surface area contributed by atoms with Gasteiger partial charge in [0.15, 0.2) is 0 Å². The van der Waals surface area contributed by atoms with Crippen LogP contribution in [0, 0.1) is 0 Å². The third kappa shape index (κ3) is 7.01. The average Bonchev–Trinajstić information content (AvgIpc) is 2.60. The van der Waals surface area contributed by atoms with E-state index in [1.54, 1.807) is 20.8 Å². The third-order valence-electron chi connectivity index (χ3n) is 3.89. The van der Waals surface area contributed by atoms with Crippen LogP contribution in [0.2, 0.25) is 0 Å². The summed E-state index contributed by atoms with van der Waals surface area (Å²) in [5.74, 6) is -0.254. The molecule has 2 rings (SSSR count). The quantitative estimate of drug-likeness (QED) is 0.804. The molecule has 1 atom stereocenters. The van der Waals surface area contributed by atoms with E-state index in [0.29, 0.717) is 12.1 Å². The first kappa shape index (κ1) is 20.2. The van der Waals surface area contributed by atoms with Crippen molar-refractivity contribution >= 4 is 12.0 Å². The van der Waals surface area contributed by atoms with Crippen LogP contribution in [0.15, 0.2) is 30.3 Å². The molecule has 0 aromatic heterocycles. The fraction of sp³-hybridized carbons (Fsp3) is 0.579. The largest absolute Gasteiger partial charge is 0.444 e. The van der Waals surface area contributed by atoms with Crippen LogP contribution in [0.25, 0.3) is 0 Å². The monoisotopic (exact) mass is 363 g/mol. The van der Waals surface area contributed by atoms with Gasteiger partial charge in [-0.3, -0.25) is 9.69 Å². The van der Waals surface area contributed by atoms with Gasteiger partial charge < -0.3 is 20.1 Å². The van der Waals surface area contributed by atoms with E-state index in [-0.39, 0.29) is 5.91 Å². The van der Waals surface area contributed by atoms with Crippen molar-refractivity contribution in [3.05, 3.63) is 35.9 Å². The van der Waals surface area contributed by atoms with Gasteiger partial charge in [-0.05, 0) is 26.3 Å². The fourth-order valence-corrected chi connectivity index (χ4v) is 2.64. The van der Waals surface area contributed by atoms with Crippen molar-refractivity contribution in [2.45, 2.75) is 32.4 Å². The van der Waals surface area contributed by atoms with Crippen molar-refractivity contribution < 1.29 is 19.1 Å². The minimum absolute atomic E-state index is 0.254. The maximum absolute atomic E-state index is 12.7. The second kappa shape index (κ2) is 9.54. The van der Waals surface area contributed by atoms with Crippen molar-refractivity contribution in [2.75, 3.05) is 39.4 Å². The van der Waals surface area contributed by atoms with Crippen LogP contribution < -0.4 is 10.6 Å². The van der Waals surface area contributed by atoms with E-state index in [4.69, 9.17) is 9.47 Å². The Morgan fingerprint density at radius 3 is 2.46 bits per heavy atom. The first-order chi connectivity index (χ1) is 12.3. The van der Waals surface area contributed by atoms with Crippen molar-refractivity contribution in [1.29, 1.82) is 0 Å². The maximum Gasteiger partial charge on any atom is 0.408 e. The molecule has 7 heteroatoms. The Morgan fingerprint density at radius 1 is 1.19 bits per heavy atom. The average molecular weight is 363 g/mol. The van der Waals surface area contributed by atoms with Crippen LogP contribution in [0.4, 0.5) is 4.79 Å². The predicted octanol–water partition coefficient (Wildman–Crippen LogP) is 1.70. The molecule has 1 aliphatic rings. The van der Waals surface area contributed by atoms with Gasteiger partial charge in [-0.15, -0.1) is 0 Å². The molecule has 0 radical (unpaired) electrons. The summed E-state index contributed by atoms with van der Waals surface area (Å²) in [5.41, 5.74) is 0.0835. The van der Waals surface area contributed by atoms with E-state index in [9.17, 15) is 9.59 Å². The summed E-state index contributed by atoms with van der Waals surface area (Å²) in [6.07, 6.45) is -0.616. The molecule has 0 spiro atoms. The van der Waals surface area contributed by atoms with Gasteiger partial charge in [0.1, 0.15) is 11.6 Å². The topological polar surface area (TPSA) is 79.9 Å². The fourth-order valence-electron chi connectivity index (χ4n) is 2.64. The molecule has 0 saturated carbocycles. The molecular weight excluding hydrogens is 334 g/mol. The molecule has 1 fully saturated rings. The van der Waals surface area contributed by atoms with Crippen LogP contribution in [0.3, 0.4) is 0 Å².